The SMILES string of the molecule is Cc1ccc(N2C(=O)/C(=N\Nc3cccc(-c4cc(C(=O)O)ccc4F)c3O)c3ccc(C(F)(F)F)cc32)cc1C. The number of para-hydroxylation sites is 1. The first-order valence-electron chi connectivity index (χ1n) is 12.2. The number of phenols is 1. The van der Waals surface area contributed by atoms with Crippen LogP contribution in [0, 0.1) is 19.7 Å². The maximum atomic E-state index is 14.6. The summed E-state index contributed by atoms with van der Waals surface area (Å²) in [6.45, 7) is 3.68. The summed E-state index contributed by atoms with van der Waals surface area (Å²) in [4.78, 5) is 26.1. The number of aryl methyl sites for hydroxylation is 2. The van der Waals surface area contributed by atoms with E-state index in [2.05, 4.69) is 10.5 Å². The maximum Gasteiger partial charge on any atom is 0.416 e. The Bertz CT molecular complexity index is 1770. The molecule has 0 bridgehead atoms. The number of fused-ring (bicyclic) bond motifs is 1. The maximum absolute atomic E-state index is 14.6. The Labute approximate surface area is 231 Å². The van der Waals surface area contributed by atoms with Crippen molar-refractivity contribution >= 4 is 34.7 Å². The second-order valence-corrected chi connectivity index (χ2v) is 9.41. The van der Waals surface area contributed by atoms with Crippen molar-refractivity contribution in [2.45, 2.75) is 20.0 Å². The van der Waals surface area contributed by atoms with Crippen molar-refractivity contribution in [2.75, 3.05) is 10.3 Å². The van der Waals surface area contributed by atoms with E-state index in [1.807, 2.05) is 13.8 Å². The van der Waals surface area contributed by atoms with Gasteiger partial charge in [0.05, 0.1) is 22.5 Å². The largest absolute Gasteiger partial charge is 0.505 e. The first kappa shape index (κ1) is 27.4. The zero-order valence-electron chi connectivity index (χ0n) is 21.5. The van der Waals surface area contributed by atoms with Gasteiger partial charge in [0.1, 0.15) is 11.6 Å². The summed E-state index contributed by atoms with van der Waals surface area (Å²) < 4.78 is 55.2. The number of phenolic OH excluding ortho intramolecular Hbond substituents is 1. The molecule has 0 spiro atoms. The molecule has 1 heterocycles. The van der Waals surface area contributed by atoms with E-state index in [1.54, 1.807) is 18.2 Å². The van der Waals surface area contributed by atoms with E-state index in [1.165, 1.54) is 18.2 Å². The predicted octanol–water partition coefficient (Wildman–Crippen LogP) is 7.03. The minimum atomic E-state index is -4.65. The van der Waals surface area contributed by atoms with Crippen molar-refractivity contribution in [1.29, 1.82) is 0 Å². The summed E-state index contributed by atoms with van der Waals surface area (Å²) in [5.74, 6) is -3.25. The molecule has 4 aromatic rings. The number of hydrogen-bond acceptors (Lipinski definition) is 5. The number of anilines is 3. The normalized spacial score (nSPS) is 14.0. The number of rotatable bonds is 5. The Morgan fingerprint density at radius 1 is 0.902 bits per heavy atom. The molecule has 0 aromatic heterocycles. The molecular formula is C30H21F4N3O4. The number of benzene rings is 4. The average molecular weight is 564 g/mol. The van der Waals surface area contributed by atoms with E-state index >= 15 is 0 Å². The van der Waals surface area contributed by atoms with Crippen LogP contribution in [-0.4, -0.2) is 27.8 Å². The zero-order valence-corrected chi connectivity index (χ0v) is 21.5. The molecule has 1 aliphatic rings. The van der Waals surface area contributed by atoms with E-state index in [0.29, 0.717) is 5.69 Å². The lowest BCUT2D eigenvalue weighted by Crippen LogP contribution is -2.26. The predicted molar refractivity (Wildman–Crippen MR) is 145 cm³/mol. The van der Waals surface area contributed by atoms with Gasteiger partial charge in [-0.2, -0.15) is 18.3 Å². The zero-order chi connectivity index (χ0) is 29.6. The molecule has 208 valence electrons. The molecule has 11 heteroatoms. The molecular weight excluding hydrogens is 542 g/mol. The number of carbonyl (C=O) groups is 2. The molecule has 3 N–H and O–H groups in total. The molecule has 4 aromatic carbocycles. The topological polar surface area (TPSA) is 102 Å². The number of hydrogen-bond donors (Lipinski definition) is 3. The van der Waals surface area contributed by atoms with Crippen molar-refractivity contribution in [3.05, 3.63) is 106 Å². The monoisotopic (exact) mass is 563 g/mol. The van der Waals surface area contributed by atoms with Gasteiger partial charge in [0, 0.05) is 22.4 Å². The molecule has 0 saturated heterocycles. The fourth-order valence-electron chi connectivity index (χ4n) is 4.48. The van der Waals surface area contributed by atoms with E-state index in [4.69, 9.17) is 0 Å². The Kier molecular flexibility index (Phi) is 6.74. The lowest BCUT2D eigenvalue weighted by atomic mass is 10.0. The van der Waals surface area contributed by atoms with Crippen LogP contribution < -0.4 is 10.3 Å². The van der Waals surface area contributed by atoms with Gasteiger partial charge < -0.3 is 10.2 Å². The number of nitrogens with one attached hydrogen (secondary N) is 1. The van der Waals surface area contributed by atoms with Crippen LogP contribution >= 0.6 is 0 Å². The van der Waals surface area contributed by atoms with Crippen molar-refractivity contribution in [2.24, 2.45) is 5.10 Å². The first-order valence-corrected chi connectivity index (χ1v) is 12.2. The number of carboxylic acids is 1. The van der Waals surface area contributed by atoms with Gasteiger partial charge in [-0.3, -0.25) is 15.1 Å². The molecule has 0 fully saturated rings. The fourth-order valence-corrected chi connectivity index (χ4v) is 4.48. The second-order valence-electron chi connectivity index (χ2n) is 9.41. The Morgan fingerprint density at radius 3 is 2.34 bits per heavy atom. The van der Waals surface area contributed by atoms with Crippen LogP contribution in [0.5, 0.6) is 5.75 Å². The fraction of sp³-hybridized carbons (Fsp3) is 0.100. The Balaban J connectivity index is 1.58. The number of aromatic hydroxyl groups is 1. The van der Waals surface area contributed by atoms with Gasteiger partial charge in [-0.15, -0.1) is 0 Å². The lowest BCUT2D eigenvalue weighted by Gasteiger charge is -2.19. The van der Waals surface area contributed by atoms with E-state index in [9.17, 15) is 37.4 Å². The standard InChI is InChI=1S/C30H21F4N3O4/c1-15-6-9-19(12-16(15)2)37-25-14-18(30(32,33)34)8-10-21(25)26(28(37)39)36-35-24-5-3-4-20(27(24)38)22-13-17(29(40)41)7-11-23(22)31/h3-14,35,38H,1-2H3,(H,40,41)/b36-26-. The first-order chi connectivity index (χ1) is 19.4. The summed E-state index contributed by atoms with van der Waals surface area (Å²) in [5, 5.41) is 24.3. The van der Waals surface area contributed by atoms with Crippen molar-refractivity contribution < 1.29 is 37.4 Å². The molecule has 0 atom stereocenters. The van der Waals surface area contributed by atoms with Crippen molar-refractivity contribution in [3.8, 4) is 16.9 Å². The number of carbonyl (C=O) groups excluding carboxylic acids is 1. The van der Waals surface area contributed by atoms with Crippen LogP contribution in [0.1, 0.15) is 32.6 Å². The summed E-state index contributed by atoms with van der Waals surface area (Å²) >= 11 is 0. The van der Waals surface area contributed by atoms with Crippen LogP contribution in [0.25, 0.3) is 11.1 Å². The van der Waals surface area contributed by atoms with Crippen LogP contribution in [0.4, 0.5) is 34.6 Å². The Hall–Kier alpha value is -5.19. The van der Waals surface area contributed by atoms with Crippen LogP contribution in [-0.2, 0) is 11.0 Å². The van der Waals surface area contributed by atoms with Crippen LogP contribution in [0.3, 0.4) is 0 Å². The average Bonchev–Trinajstić information content (AvgIpc) is 3.19. The van der Waals surface area contributed by atoms with Gasteiger partial charge in [0.2, 0.25) is 0 Å². The third kappa shape index (κ3) is 4.97. The number of amides is 1. The third-order valence-corrected chi connectivity index (χ3v) is 6.80. The molecule has 0 saturated carbocycles. The number of carboxylic acid groups (broad SMARTS) is 1. The molecule has 0 unspecified atom stereocenters. The Morgan fingerprint density at radius 2 is 1.66 bits per heavy atom. The van der Waals surface area contributed by atoms with Gasteiger partial charge in [0.15, 0.2) is 5.71 Å². The summed E-state index contributed by atoms with van der Waals surface area (Å²) in [6.07, 6.45) is -4.65. The number of aromatic carboxylic acids is 1. The number of halogens is 4. The molecule has 5 rings (SSSR count). The highest BCUT2D eigenvalue weighted by Gasteiger charge is 2.39. The lowest BCUT2D eigenvalue weighted by molar-refractivity contribution is -0.137. The molecule has 7 nitrogen and oxygen atoms in total. The molecule has 1 aliphatic heterocycles. The highest BCUT2D eigenvalue weighted by molar-refractivity contribution is 6.55. The summed E-state index contributed by atoms with van der Waals surface area (Å²) in [6, 6.07) is 15.3. The van der Waals surface area contributed by atoms with Gasteiger partial charge in [0.25, 0.3) is 5.91 Å². The number of hydrazone groups is 1. The minimum absolute atomic E-state index is 0.0147. The molecule has 1 amide bonds. The van der Waals surface area contributed by atoms with Crippen LogP contribution in [0.15, 0.2) is 77.9 Å². The molecule has 41 heavy (non-hydrogen) atoms. The number of alkyl halides is 3. The van der Waals surface area contributed by atoms with E-state index in [0.717, 1.165) is 52.4 Å². The quantitative estimate of drug-likeness (QED) is 0.138. The van der Waals surface area contributed by atoms with Gasteiger partial charge in [-0.1, -0.05) is 18.2 Å². The molecule has 0 radical (unpaired) electrons. The summed E-state index contributed by atoms with van der Waals surface area (Å²) in [5.41, 5.74) is 3.16. The van der Waals surface area contributed by atoms with Crippen molar-refractivity contribution in [1.82, 2.24) is 0 Å². The van der Waals surface area contributed by atoms with Crippen LogP contribution in [0.2, 0.25) is 0 Å². The van der Waals surface area contributed by atoms with Gasteiger partial charge in [-0.25, -0.2) is 9.18 Å². The highest BCUT2D eigenvalue weighted by atomic mass is 19.4. The van der Waals surface area contributed by atoms with Gasteiger partial charge in [-0.05, 0) is 79.6 Å². The number of nitrogens with zero attached hydrogens (tertiary/aromatic N) is 2. The van der Waals surface area contributed by atoms with Gasteiger partial charge >= 0.3 is 12.1 Å². The minimum Gasteiger partial charge on any atom is -0.505 e. The smallest absolute Gasteiger partial charge is 0.416 e. The third-order valence-electron chi connectivity index (χ3n) is 6.80. The second kappa shape index (κ2) is 10.1. The van der Waals surface area contributed by atoms with E-state index < -0.39 is 35.2 Å². The summed E-state index contributed by atoms with van der Waals surface area (Å²) in [7, 11) is 0. The highest BCUT2D eigenvalue weighted by Crippen LogP contribution is 2.41. The molecule has 0 aliphatic carbocycles. The van der Waals surface area contributed by atoms with Crippen molar-refractivity contribution in [3.63, 3.8) is 0 Å². The van der Waals surface area contributed by atoms with E-state index in [-0.39, 0.29) is 39.3 Å².